The van der Waals surface area contributed by atoms with E-state index in [4.69, 9.17) is 5.73 Å². The van der Waals surface area contributed by atoms with Gasteiger partial charge in [0, 0.05) is 23.0 Å². The summed E-state index contributed by atoms with van der Waals surface area (Å²) in [4.78, 5) is 9.56. The van der Waals surface area contributed by atoms with Gasteiger partial charge in [-0.05, 0) is 12.1 Å². The van der Waals surface area contributed by atoms with Crippen LogP contribution in [0.25, 0.3) is 10.7 Å². The molecule has 2 aromatic rings. The van der Waals surface area contributed by atoms with Gasteiger partial charge in [0.05, 0.1) is 5.69 Å². The molecule has 96 valence electrons. The Morgan fingerprint density at radius 1 is 1.39 bits per heavy atom. The number of nitrogens with zero attached hydrogens (tertiary/aromatic N) is 2. The molecule has 0 unspecified atom stereocenters. The molecule has 0 atom stereocenters. The van der Waals surface area contributed by atoms with Crippen LogP contribution in [0, 0.1) is 5.82 Å². The minimum absolute atomic E-state index is 0.102. The molecular formula is C13H16FN3S. The third kappa shape index (κ3) is 2.42. The van der Waals surface area contributed by atoms with Gasteiger partial charge in [0.1, 0.15) is 10.7 Å². The van der Waals surface area contributed by atoms with Crippen LogP contribution in [0.15, 0.2) is 18.3 Å². The highest BCUT2D eigenvalue weighted by Gasteiger charge is 2.24. The zero-order chi connectivity index (χ0) is 13.3. The number of aromatic nitrogens is 2. The van der Waals surface area contributed by atoms with E-state index in [0.29, 0.717) is 17.2 Å². The first kappa shape index (κ1) is 13.1. The van der Waals surface area contributed by atoms with Crippen LogP contribution in [0.2, 0.25) is 0 Å². The number of halogens is 1. The fourth-order valence-electron chi connectivity index (χ4n) is 1.72. The van der Waals surface area contributed by atoms with Gasteiger partial charge in [-0.25, -0.2) is 9.37 Å². The molecule has 2 aromatic heterocycles. The first-order valence-corrected chi connectivity index (χ1v) is 6.56. The van der Waals surface area contributed by atoms with E-state index in [1.54, 1.807) is 12.3 Å². The molecule has 0 aromatic carbocycles. The van der Waals surface area contributed by atoms with Crippen LogP contribution in [0.5, 0.6) is 0 Å². The van der Waals surface area contributed by atoms with E-state index in [1.165, 1.54) is 17.4 Å². The standard InChI is InChI=1S/C13H16FN3S/c1-13(2,3)11-9(7-15)18-12(17-11)10-8(14)5-4-6-16-10/h4-6H,7,15H2,1-3H3. The van der Waals surface area contributed by atoms with E-state index in [0.717, 1.165) is 10.6 Å². The molecule has 5 heteroatoms. The van der Waals surface area contributed by atoms with Crippen molar-refractivity contribution in [1.29, 1.82) is 0 Å². The van der Waals surface area contributed by atoms with Gasteiger partial charge in [-0.15, -0.1) is 11.3 Å². The molecule has 0 fully saturated rings. The Morgan fingerprint density at radius 3 is 2.61 bits per heavy atom. The maximum atomic E-state index is 13.7. The summed E-state index contributed by atoms with van der Waals surface area (Å²) in [5.41, 5.74) is 6.86. The van der Waals surface area contributed by atoms with E-state index in [1.807, 2.05) is 0 Å². The Hall–Kier alpha value is -1.33. The highest BCUT2D eigenvalue weighted by Crippen LogP contribution is 2.34. The lowest BCUT2D eigenvalue weighted by molar-refractivity contribution is 0.566. The largest absolute Gasteiger partial charge is 0.326 e. The quantitative estimate of drug-likeness (QED) is 0.907. The lowest BCUT2D eigenvalue weighted by atomic mass is 9.91. The van der Waals surface area contributed by atoms with Crippen molar-refractivity contribution >= 4 is 11.3 Å². The summed E-state index contributed by atoms with van der Waals surface area (Å²) in [5.74, 6) is -0.352. The monoisotopic (exact) mass is 265 g/mol. The van der Waals surface area contributed by atoms with Crippen molar-refractivity contribution in [2.24, 2.45) is 5.73 Å². The Balaban J connectivity index is 2.55. The summed E-state index contributed by atoms with van der Waals surface area (Å²) in [6, 6.07) is 2.96. The molecule has 0 aliphatic heterocycles. The second kappa shape index (κ2) is 4.74. The summed E-state index contributed by atoms with van der Waals surface area (Å²) < 4.78 is 13.7. The van der Waals surface area contributed by atoms with Crippen molar-refractivity contribution in [3.63, 3.8) is 0 Å². The van der Waals surface area contributed by atoms with E-state index >= 15 is 0 Å². The average Bonchev–Trinajstić information content (AvgIpc) is 2.73. The van der Waals surface area contributed by atoms with Crippen molar-refractivity contribution in [3.05, 3.63) is 34.7 Å². The third-order valence-electron chi connectivity index (χ3n) is 2.55. The summed E-state index contributed by atoms with van der Waals surface area (Å²) >= 11 is 1.42. The van der Waals surface area contributed by atoms with Gasteiger partial charge >= 0.3 is 0 Å². The van der Waals surface area contributed by atoms with Crippen molar-refractivity contribution < 1.29 is 4.39 Å². The zero-order valence-corrected chi connectivity index (χ0v) is 11.5. The SMILES string of the molecule is CC(C)(C)c1nc(-c2ncccc2F)sc1CN. The number of thiazole rings is 1. The zero-order valence-electron chi connectivity index (χ0n) is 10.7. The first-order chi connectivity index (χ1) is 8.43. The molecule has 0 bridgehead atoms. The molecule has 0 saturated carbocycles. The lowest BCUT2D eigenvalue weighted by Gasteiger charge is -2.16. The number of rotatable bonds is 2. The van der Waals surface area contributed by atoms with Gasteiger partial charge in [0.15, 0.2) is 5.82 Å². The number of pyridine rings is 1. The molecular weight excluding hydrogens is 249 g/mol. The molecule has 0 spiro atoms. The van der Waals surface area contributed by atoms with Gasteiger partial charge in [-0.3, -0.25) is 4.98 Å². The van der Waals surface area contributed by atoms with Crippen LogP contribution in [-0.2, 0) is 12.0 Å². The number of nitrogens with two attached hydrogens (primary N) is 1. The fourth-order valence-corrected chi connectivity index (χ4v) is 2.87. The van der Waals surface area contributed by atoms with E-state index in [9.17, 15) is 4.39 Å². The van der Waals surface area contributed by atoms with Gasteiger partial charge in [-0.1, -0.05) is 20.8 Å². The first-order valence-electron chi connectivity index (χ1n) is 5.74. The van der Waals surface area contributed by atoms with Crippen LogP contribution >= 0.6 is 11.3 Å². The Bertz CT molecular complexity index is 558. The summed E-state index contributed by atoms with van der Waals surface area (Å²) in [6.07, 6.45) is 1.57. The highest BCUT2D eigenvalue weighted by molar-refractivity contribution is 7.15. The Kier molecular flexibility index (Phi) is 3.45. The minimum Gasteiger partial charge on any atom is -0.326 e. The van der Waals surface area contributed by atoms with Crippen LogP contribution < -0.4 is 5.73 Å². The minimum atomic E-state index is -0.352. The van der Waals surface area contributed by atoms with Gasteiger partial charge in [-0.2, -0.15) is 0 Å². The molecule has 3 nitrogen and oxygen atoms in total. The normalized spacial score (nSPS) is 11.8. The predicted molar refractivity (Wildman–Crippen MR) is 71.9 cm³/mol. The van der Waals surface area contributed by atoms with Gasteiger partial charge < -0.3 is 5.73 Å². The molecule has 0 aliphatic rings. The molecule has 2 rings (SSSR count). The summed E-state index contributed by atoms with van der Waals surface area (Å²) in [6.45, 7) is 6.62. The molecule has 2 N–H and O–H groups in total. The van der Waals surface area contributed by atoms with Crippen molar-refractivity contribution in [1.82, 2.24) is 9.97 Å². The fraction of sp³-hybridized carbons (Fsp3) is 0.385. The van der Waals surface area contributed by atoms with E-state index in [2.05, 4.69) is 30.7 Å². The maximum absolute atomic E-state index is 13.7. The van der Waals surface area contributed by atoms with Crippen LogP contribution in [0.3, 0.4) is 0 Å². The predicted octanol–water partition coefficient (Wildman–Crippen LogP) is 3.10. The van der Waals surface area contributed by atoms with E-state index in [-0.39, 0.29) is 11.2 Å². The Morgan fingerprint density at radius 2 is 2.11 bits per heavy atom. The van der Waals surface area contributed by atoms with Crippen molar-refractivity contribution in [3.8, 4) is 10.7 Å². The molecule has 0 radical (unpaired) electrons. The molecule has 0 saturated heterocycles. The van der Waals surface area contributed by atoms with Crippen LogP contribution in [0.1, 0.15) is 31.3 Å². The second-order valence-electron chi connectivity index (χ2n) is 5.08. The smallest absolute Gasteiger partial charge is 0.151 e. The van der Waals surface area contributed by atoms with Gasteiger partial charge in [0.25, 0.3) is 0 Å². The van der Waals surface area contributed by atoms with Crippen LogP contribution in [0.4, 0.5) is 4.39 Å². The number of hydrogen-bond acceptors (Lipinski definition) is 4. The topological polar surface area (TPSA) is 51.8 Å². The second-order valence-corrected chi connectivity index (χ2v) is 6.16. The molecule has 0 aliphatic carbocycles. The number of hydrogen-bond donors (Lipinski definition) is 1. The Labute approximate surface area is 110 Å². The summed E-state index contributed by atoms with van der Waals surface area (Å²) in [5, 5.41) is 0.596. The van der Waals surface area contributed by atoms with Gasteiger partial charge in [0.2, 0.25) is 0 Å². The molecule has 2 heterocycles. The lowest BCUT2D eigenvalue weighted by Crippen LogP contribution is -2.15. The third-order valence-corrected chi connectivity index (χ3v) is 3.64. The van der Waals surface area contributed by atoms with Crippen molar-refractivity contribution in [2.45, 2.75) is 32.7 Å². The van der Waals surface area contributed by atoms with Crippen molar-refractivity contribution in [2.75, 3.05) is 0 Å². The van der Waals surface area contributed by atoms with Crippen LogP contribution in [-0.4, -0.2) is 9.97 Å². The highest BCUT2D eigenvalue weighted by atomic mass is 32.1. The molecule has 0 amide bonds. The maximum Gasteiger partial charge on any atom is 0.151 e. The molecule has 18 heavy (non-hydrogen) atoms. The van der Waals surface area contributed by atoms with E-state index < -0.39 is 0 Å². The average molecular weight is 265 g/mol. The summed E-state index contributed by atoms with van der Waals surface area (Å²) in [7, 11) is 0.